The molecule has 0 aliphatic heterocycles. The van der Waals surface area contributed by atoms with Gasteiger partial charge in [0, 0.05) is 16.5 Å². The fourth-order valence-electron chi connectivity index (χ4n) is 1.97. The minimum Gasteiger partial charge on any atom is -0.466 e. The van der Waals surface area contributed by atoms with E-state index in [1.54, 1.807) is 30.0 Å². The van der Waals surface area contributed by atoms with Crippen LogP contribution in [-0.4, -0.2) is 22.5 Å². The van der Waals surface area contributed by atoms with Crippen molar-refractivity contribution in [3.05, 3.63) is 40.0 Å². The molecule has 0 fully saturated rings. The van der Waals surface area contributed by atoms with Crippen LogP contribution in [-0.2, 0) is 21.7 Å². The van der Waals surface area contributed by atoms with Gasteiger partial charge in [0.1, 0.15) is 5.76 Å². The summed E-state index contributed by atoms with van der Waals surface area (Å²) in [5.41, 5.74) is 1.75. The minimum atomic E-state index is -0.239. The van der Waals surface area contributed by atoms with Crippen molar-refractivity contribution < 1.29 is 13.9 Å². The van der Waals surface area contributed by atoms with Crippen LogP contribution in [0.25, 0.3) is 10.8 Å². The van der Waals surface area contributed by atoms with Crippen LogP contribution in [0.3, 0.4) is 0 Å². The number of esters is 1. The van der Waals surface area contributed by atoms with Crippen molar-refractivity contribution >= 4 is 40.4 Å². The van der Waals surface area contributed by atoms with Crippen LogP contribution in [0, 0.1) is 6.92 Å². The molecule has 3 aromatic heterocycles. The summed E-state index contributed by atoms with van der Waals surface area (Å²) in [4.78, 5) is 20.5. The van der Waals surface area contributed by atoms with Crippen LogP contribution in [0.2, 0.25) is 0 Å². The third-order valence-corrected chi connectivity index (χ3v) is 6.02. The standard InChI is InChI=1S/C16H16N2O3S3/c1-3-20-14(19)6-11-7-23-16(18-11)24-9-12-8-22-15(17-12)13-5-4-10(2)21-13/h4-5,7-8H,3,6,9H2,1-2H3. The maximum Gasteiger partial charge on any atom is 0.311 e. The van der Waals surface area contributed by atoms with Gasteiger partial charge in [-0.05, 0) is 26.0 Å². The van der Waals surface area contributed by atoms with E-state index in [0.717, 1.165) is 38.0 Å². The zero-order valence-corrected chi connectivity index (χ0v) is 15.7. The number of thioether (sulfide) groups is 1. The van der Waals surface area contributed by atoms with Gasteiger partial charge < -0.3 is 9.15 Å². The maximum absolute atomic E-state index is 11.5. The van der Waals surface area contributed by atoms with E-state index in [4.69, 9.17) is 9.15 Å². The first-order valence-corrected chi connectivity index (χ1v) is 10.1. The molecule has 0 saturated carbocycles. The molecule has 0 atom stereocenters. The lowest BCUT2D eigenvalue weighted by Crippen LogP contribution is -2.07. The molecule has 0 radical (unpaired) electrons. The van der Waals surface area contributed by atoms with Crippen LogP contribution < -0.4 is 0 Å². The summed E-state index contributed by atoms with van der Waals surface area (Å²) in [7, 11) is 0. The van der Waals surface area contributed by atoms with Gasteiger partial charge in [-0.1, -0.05) is 11.8 Å². The highest BCUT2D eigenvalue weighted by Gasteiger charge is 2.11. The second-order valence-electron chi connectivity index (χ2n) is 4.93. The Balaban J connectivity index is 1.55. The van der Waals surface area contributed by atoms with E-state index >= 15 is 0 Å². The molecular weight excluding hydrogens is 364 g/mol. The van der Waals surface area contributed by atoms with Crippen molar-refractivity contribution in [3.8, 4) is 10.8 Å². The Labute approximate surface area is 152 Å². The smallest absolute Gasteiger partial charge is 0.311 e. The topological polar surface area (TPSA) is 65.2 Å². The van der Waals surface area contributed by atoms with Gasteiger partial charge in [-0.3, -0.25) is 4.79 Å². The molecule has 0 N–H and O–H groups in total. The summed E-state index contributed by atoms with van der Waals surface area (Å²) < 4.78 is 11.5. The number of hydrogen-bond donors (Lipinski definition) is 0. The number of aryl methyl sites for hydroxylation is 1. The Morgan fingerprint density at radius 3 is 2.83 bits per heavy atom. The zero-order chi connectivity index (χ0) is 16.9. The van der Waals surface area contributed by atoms with Crippen LogP contribution in [0.4, 0.5) is 0 Å². The predicted octanol–water partition coefficient (Wildman–Crippen LogP) is 4.57. The van der Waals surface area contributed by atoms with Gasteiger partial charge >= 0.3 is 5.97 Å². The van der Waals surface area contributed by atoms with E-state index in [2.05, 4.69) is 9.97 Å². The normalized spacial score (nSPS) is 10.9. The monoisotopic (exact) mass is 380 g/mol. The lowest BCUT2D eigenvalue weighted by atomic mass is 10.3. The lowest BCUT2D eigenvalue weighted by Gasteiger charge is -1.98. The van der Waals surface area contributed by atoms with E-state index < -0.39 is 0 Å². The Bertz CT molecular complexity index is 822. The summed E-state index contributed by atoms with van der Waals surface area (Å²) in [5, 5.41) is 4.82. The number of carbonyl (C=O) groups excluding carboxylic acids is 1. The van der Waals surface area contributed by atoms with Crippen molar-refractivity contribution in [2.75, 3.05) is 6.61 Å². The first-order valence-electron chi connectivity index (χ1n) is 7.38. The second kappa shape index (κ2) is 7.96. The van der Waals surface area contributed by atoms with Crippen molar-refractivity contribution in [3.63, 3.8) is 0 Å². The van der Waals surface area contributed by atoms with Gasteiger partial charge in [-0.2, -0.15) is 0 Å². The summed E-state index contributed by atoms with van der Waals surface area (Å²) in [5.74, 6) is 2.19. The Hall–Kier alpha value is -1.64. The van der Waals surface area contributed by atoms with Gasteiger partial charge in [0.25, 0.3) is 0 Å². The molecule has 3 aromatic rings. The summed E-state index contributed by atoms with van der Waals surface area (Å²) in [6, 6.07) is 3.87. The average molecular weight is 381 g/mol. The van der Waals surface area contributed by atoms with Crippen molar-refractivity contribution in [2.45, 2.75) is 30.4 Å². The quantitative estimate of drug-likeness (QED) is 0.442. The number of carbonyl (C=O) groups is 1. The molecule has 0 saturated heterocycles. The molecule has 0 aliphatic carbocycles. The molecule has 3 rings (SSSR count). The van der Waals surface area contributed by atoms with Gasteiger partial charge in [0.05, 0.1) is 24.4 Å². The lowest BCUT2D eigenvalue weighted by molar-refractivity contribution is -0.142. The van der Waals surface area contributed by atoms with Gasteiger partial charge in [-0.15, -0.1) is 22.7 Å². The third-order valence-electron chi connectivity index (χ3n) is 3.01. The molecule has 5 nitrogen and oxygen atoms in total. The molecule has 0 unspecified atom stereocenters. The predicted molar refractivity (Wildman–Crippen MR) is 96.6 cm³/mol. The molecule has 0 amide bonds. The van der Waals surface area contributed by atoms with Crippen molar-refractivity contribution in [1.82, 2.24) is 9.97 Å². The first kappa shape index (κ1) is 17.2. The number of rotatable bonds is 7. The fourth-order valence-corrected chi connectivity index (χ4v) is 4.59. The van der Waals surface area contributed by atoms with E-state index in [1.807, 2.05) is 29.8 Å². The summed E-state index contributed by atoms with van der Waals surface area (Å²) in [6.07, 6.45) is 0.226. The molecular formula is C16H16N2O3S3. The molecule has 0 bridgehead atoms. The first-order chi connectivity index (χ1) is 11.6. The highest BCUT2D eigenvalue weighted by Crippen LogP contribution is 2.30. The summed E-state index contributed by atoms with van der Waals surface area (Å²) in [6.45, 7) is 4.11. The highest BCUT2D eigenvalue weighted by molar-refractivity contribution is 8.00. The number of aromatic nitrogens is 2. The van der Waals surface area contributed by atoms with E-state index in [1.165, 1.54) is 11.3 Å². The number of thiazole rings is 2. The van der Waals surface area contributed by atoms with Crippen LogP contribution in [0.15, 0.2) is 31.6 Å². The Morgan fingerprint density at radius 1 is 1.25 bits per heavy atom. The number of nitrogens with zero attached hydrogens (tertiary/aromatic N) is 2. The molecule has 24 heavy (non-hydrogen) atoms. The minimum absolute atomic E-state index is 0.226. The molecule has 0 aromatic carbocycles. The second-order valence-corrected chi connectivity index (χ2v) is 7.87. The zero-order valence-electron chi connectivity index (χ0n) is 13.3. The molecule has 0 spiro atoms. The molecule has 3 heterocycles. The van der Waals surface area contributed by atoms with Gasteiger partial charge in [0.15, 0.2) is 15.1 Å². The van der Waals surface area contributed by atoms with E-state index in [9.17, 15) is 4.79 Å². The van der Waals surface area contributed by atoms with Crippen molar-refractivity contribution in [2.24, 2.45) is 0 Å². The van der Waals surface area contributed by atoms with E-state index in [0.29, 0.717) is 6.61 Å². The number of ether oxygens (including phenoxy) is 1. The largest absolute Gasteiger partial charge is 0.466 e. The molecule has 8 heteroatoms. The Kier molecular flexibility index (Phi) is 5.70. The number of hydrogen-bond acceptors (Lipinski definition) is 8. The maximum atomic E-state index is 11.5. The van der Waals surface area contributed by atoms with E-state index in [-0.39, 0.29) is 12.4 Å². The van der Waals surface area contributed by atoms with Crippen molar-refractivity contribution in [1.29, 1.82) is 0 Å². The van der Waals surface area contributed by atoms with Crippen LogP contribution >= 0.6 is 34.4 Å². The SMILES string of the molecule is CCOC(=O)Cc1csc(SCc2csc(-c3ccc(C)o3)n2)n1. The Morgan fingerprint density at radius 2 is 2.08 bits per heavy atom. The van der Waals surface area contributed by atoms with Crippen LogP contribution in [0.1, 0.15) is 24.1 Å². The fraction of sp³-hybridized carbons (Fsp3) is 0.312. The average Bonchev–Trinajstić information content (AvgIpc) is 3.26. The summed E-state index contributed by atoms with van der Waals surface area (Å²) >= 11 is 4.73. The third kappa shape index (κ3) is 4.46. The van der Waals surface area contributed by atoms with Gasteiger partial charge in [0.2, 0.25) is 0 Å². The van der Waals surface area contributed by atoms with Gasteiger partial charge in [-0.25, -0.2) is 9.97 Å². The number of furan rings is 1. The van der Waals surface area contributed by atoms with Crippen LogP contribution in [0.5, 0.6) is 0 Å². The highest BCUT2D eigenvalue weighted by atomic mass is 32.2. The molecule has 126 valence electrons. The molecule has 0 aliphatic rings.